The van der Waals surface area contributed by atoms with Crippen molar-refractivity contribution in [2.45, 2.75) is 23.5 Å². The molecule has 0 saturated carbocycles. The van der Waals surface area contributed by atoms with Crippen LogP contribution in [0.3, 0.4) is 0 Å². The molecule has 0 bridgehead atoms. The second-order valence-corrected chi connectivity index (χ2v) is 9.94. The van der Waals surface area contributed by atoms with Crippen LogP contribution in [0.4, 0.5) is 11.4 Å². The van der Waals surface area contributed by atoms with E-state index in [4.69, 9.17) is 11.6 Å². The van der Waals surface area contributed by atoms with Crippen LogP contribution in [0.25, 0.3) is 0 Å². The standard InChI is InChI=1S/C24H21ClN2O4S/c25-21-12-11-19(27-13-5-10-23(27)28)15-22(21)26-24(29)18-7-4-6-17(14-18)16-32(30,31)20-8-2-1-3-9-20/h1-4,6-9,11-12,14-15H,5,10,13,16H2,(H,26,29). The van der Waals surface area contributed by atoms with Crippen LogP contribution in [-0.4, -0.2) is 26.8 Å². The first kappa shape index (κ1) is 22.0. The summed E-state index contributed by atoms with van der Waals surface area (Å²) in [4.78, 5) is 26.8. The van der Waals surface area contributed by atoms with Crippen LogP contribution < -0.4 is 10.2 Å². The number of hydrogen-bond donors (Lipinski definition) is 1. The van der Waals surface area contributed by atoms with Crippen LogP contribution >= 0.6 is 11.6 Å². The highest BCUT2D eigenvalue weighted by atomic mass is 35.5. The number of carbonyl (C=O) groups excluding carboxylic acids is 2. The molecule has 164 valence electrons. The summed E-state index contributed by atoms with van der Waals surface area (Å²) < 4.78 is 25.3. The first-order valence-electron chi connectivity index (χ1n) is 10.1. The van der Waals surface area contributed by atoms with Gasteiger partial charge >= 0.3 is 0 Å². The third-order valence-corrected chi connectivity index (χ3v) is 7.26. The Balaban J connectivity index is 1.53. The monoisotopic (exact) mass is 468 g/mol. The summed E-state index contributed by atoms with van der Waals surface area (Å²) in [6.45, 7) is 0.631. The van der Waals surface area contributed by atoms with Gasteiger partial charge in [-0.2, -0.15) is 0 Å². The van der Waals surface area contributed by atoms with E-state index in [2.05, 4.69) is 5.32 Å². The Kier molecular flexibility index (Phi) is 6.30. The Labute approximate surface area is 191 Å². The molecule has 3 aromatic carbocycles. The molecule has 2 amide bonds. The molecule has 1 saturated heterocycles. The lowest BCUT2D eigenvalue weighted by Gasteiger charge is -2.17. The molecular weight excluding hydrogens is 448 g/mol. The quantitative estimate of drug-likeness (QED) is 0.568. The minimum Gasteiger partial charge on any atom is -0.321 e. The van der Waals surface area contributed by atoms with Crippen molar-refractivity contribution in [2.24, 2.45) is 0 Å². The zero-order valence-corrected chi connectivity index (χ0v) is 18.7. The number of nitrogens with zero attached hydrogens (tertiary/aromatic N) is 1. The number of nitrogens with one attached hydrogen (secondary N) is 1. The van der Waals surface area contributed by atoms with Crippen molar-refractivity contribution in [3.63, 3.8) is 0 Å². The Morgan fingerprint density at radius 3 is 2.50 bits per heavy atom. The number of amides is 2. The normalized spacial score (nSPS) is 13.9. The van der Waals surface area contributed by atoms with Crippen molar-refractivity contribution in [2.75, 3.05) is 16.8 Å². The minimum absolute atomic E-state index is 0.0388. The maximum atomic E-state index is 12.9. The van der Waals surface area contributed by atoms with Gasteiger partial charge < -0.3 is 10.2 Å². The van der Waals surface area contributed by atoms with Crippen LogP contribution in [0, 0.1) is 0 Å². The number of benzene rings is 3. The maximum Gasteiger partial charge on any atom is 0.255 e. The highest BCUT2D eigenvalue weighted by molar-refractivity contribution is 7.90. The van der Waals surface area contributed by atoms with E-state index in [9.17, 15) is 18.0 Å². The van der Waals surface area contributed by atoms with E-state index >= 15 is 0 Å². The second-order valence-electron chi connectivity index (χ2n) is 7.54. The van der Waals surface area contributed by atoms with E-state index in [0.717, 1.165) is 6.42 Å². The number of halogens is 1. The van der Waals surface area contributed by atoms with Gasteiger partial charge in [0, 0.05) is 24.2 Å². The van der Waals surface area contributed by atoms with Crippen molar-refractivity contribution < 1.29 is 18.0 Å². The third-order valence-electron chi connectivity index (χ3n) is 5.23. The molecule has 1 aliphatic heterocycles. The maximum absolute atomic E-state index is 12.9. The zero-order valence-electron chi connectivity index (χ0n) is 17.1. The first-order chi connectivity index (χ1) is 15.3. The molecule has 0 aliphatic carbocycles. The Morgan fingerprint density at radius 2 is 1.78 bits per heavy atom. The van der Waals surface area contributed by atoms with Gasteiger partial charge in [0.1, 0.15) is 0 Å². The Hall–Kier alpha value is -3.16. The van der Waals surface area contributed by atoms with Gasteiger partial charge in [-0.25, -0.2) is 8.42 Å². The number of hydrogen-bond acceptors (Lipinski definition) is 4. The number of rotatable bonds is 6. The highest BCUT2D eigenvalue weighted by Gasteiger charge is 2.23. The zero-order chi connectivity index (χ0) is 22.7. The van der Waals surface area contributed by atoms with Crippen molar-refractivity contribution in [1.82, 2.24) is 0 Å². The van der Waals surface area contributed by atoms with Crippen molar-refractivity contribution in [3.8, 4) is 0 Å². The van der Waals surface area contributed by atoms with Gasteiger partial charge in [0.05, 0.1) is 21.4 Å². The predicted molar refractivity (Wildman–Crippen MR) is 125 cm³/mol. The van der Waals surface area contributed by atoms with Gasteiger partial charge in [0.15, 0.2) is 9.84 Å². The summed E-state index contributed by atoms with van der Waals surface area (Å²) in [5, 5.41) is 3.11. The molecule has 1 aliphatic rings. The Morgan fingerprint density at radius 1 is 1.00 bits per heavy atom. The largest absolute Gasteiger partial charge is 0.321 e. The van der Waals surface area contributed by atoms with Gasteiger partial charge in [-0.3, -0.25) is 9.59 Å². The molecule has 3 aromatic rings. The molecule has 0 aromatic heterocycles. The molecule has 0 unspecified atom stereocenters. The van der Waals surface area contributed by atoms with E-state index in [1.807, 2.05) is 0 Å². The van der Waals surface area contributed by atoms with Crippen molar-refractivity contribution in [3.05, 3.63) is 88.9 Å². The van der Waals surface area contributed by atoms with Gasteiger partial charge in [-0.05, 0) is 54.4 Å². The highest BCUT2D eigenvalue weighted by Crippen LogP contribution is 2.30. The lowest BCUT2D eigenvalue weighted by molar-refractivity contribution is -0.117. The van der Waals surface area contributed by atoms with Gasteiger partial charge in [0.25, 0.3) is 5.91 Å². The smallest absolute Gasteiger partial charge is 0.255 e. The van der Waals surface area contributed by atoms with Crippen LogP contribution in [0.1, 0.15) is 28.8 Å². The van der Waals surface area contributed by atoms with Gasteiger partial charge in [-0.1, -0.05) is 41.9 Å². The fraction of sp³-hybridized carbons (Fsp3) is 0.167. The van der Waals surface area contributed by atoms with Gasteiger partial charge in [-0.15, -0.1) is 0 Å². The first-order valence-corrected chi connectivity index (χ1v) is 12.1. The molecule has 1 fully saturated rings. The Bertz CT molecular complexity index is 1280. The summed E-state index contributed by atoms with van der Waals surface area (Å²) in [5.74, 6) is -0.599. The SMILES string of the molecule is O=C(Nc1cc(N2CCCC2=O)ccc1Cl)c1cccc(CS(=O)(=O)c2ccccc2)c1. The topological polar surface area (TPSA) is 83.6 Å². The minimum atomic E-state index is -3.53. The molecule has 0 spiro atoms. The molecule has 32 heavy (non-hydrogen) atoms. The summed E-state index contributed by atoms with van der Waals surface area (Å²) in [6, 6.07) is 19.7. The van der Waals surface area contributed by atoms with Crippen molar-refractivity contribution in [1.29, 1.82) is 0 Å². The number of carbonyl (C=O) groups is 2. The molecule has 0 atom stereocenters. The average Bonchev–Trinajstić information content (AvgIpc) is 3.21. The average molecular weight is 469 g/mol. The van der Waals surface area contributed by atoms with Crippen molar-refractivity contribution >= 4 is 44.6 Å². The van der Waals surface area contributed by atoms with Crippen LogP contribution in [-0.2, 0) is 20.4 Å². The van der Waals surface area contributed by atoms with Crippen LogP contribution in [0.5, 0.6) is 0 Å². The summed E-state index contributed by atoms with van der Waals surface area (Å²) in [5.41, 5.74) is 1.87. The molecular formula is C24H21ClN2O4S. The van der Waals surface area contributed by atoms with E-state index in [1.54, 1.807) is 77.7 Å². The van der Waals surface area contributed by atoms with E-state index < -0.39 is 15.7 Å². The molecule has 1 heterocycles. The third kappa shape index (κ3) is 4.84. The van der Waals surface area contributed by atoms with E-state index in [0.29, 0.717) is 40.5 Å². The van der Waals surface area contributed by atoms with Crippen LogP contribution in [0.2, 0.25) is 5.02 Å². The lowest BCUT2D eigenvalue weighted by atomic mass is 10.1. The fourth-order valence-corrected chi connectivity index (χ4v) is 5.15. The summed E-state index contributed by atoms with van der Waals surface area (Å²) in [7, 11) is -3.53. The summed E-state index contributed by atoms with van der Waals surface area (Å²) >= 11 is 6.26. The van der Waals surface area contributed by atoms with E-state index in [1.165, 1.54) is 0 Å². The number of sulfone groups is 1. The molecule has 4 rings (SSSR count). The van der Waals surface area contributed by atoms with E-state index in [-0.39, 0.29) is 16.6 Å². The molecule has 1 N–H and O–H groups in total. The molecule has 6 nitrogen and oxygen atoms in total. The second kappa shape index (κ2) is 9.14. The lowest BCUT2D eigenvalue weighted by Crippen LogP contribution is -2.23. The number of anilines is 2. The summed E-state index contributed by atoms with van der Waals surface area (Å²) in [6.07, 6.45) is 1.30. The fourth-order valence-electron chi connectivity index (χ4n) is 3.63. The van der Waals surface area contributed by atoms with Crippen LogP contribution in [0.15, 0.2) is 77.7 Å². The molecule has 0 radical (unpaired) electrons. The molecule has 8 heteroatoms. The predicted octanol–water partition coefficient (Wildman–Crippen LogP) is 4.69. The van der Waals surface area contributed by atoms with Gasteiger partial charge in [0.2, 0.25) is 5.91 Å².